The number of rotatable bonds is 3. The average molecular weight is 253 g/mol. The fraction of sp³-hybridized carbons (Fsp3) is 0.929. The first-order chi connectivity index (χ1) is 8.88. The van der Waals surface area contributed by atoms with Gasteiger partial charge in [0.2, 0.25) is 0 Å². The molecule has 1 saturated carbocycles. The van der Waals surface area contributed by atoms with Crippen LogP contribution in [0.4, 0.5) is 0 Å². The normalized spacial score (nSPS) is 27.8. The van der Waals surface area contributed by atoms with Crippen LogP contribution in [0.3, 0.4) is 0 Å². The summed E-state index contributed by atoms with van der Waals surface area (Å²) >= 11 is 0. The third kappa shape index (κ3) is 4.58. The summed E-state index contributed by atoms with van der Waals surface area (Å²) < 4.78 is 5.75. The summed E-state index contributed by atoms with van der Waals surface area (Å²) in [5, 5.41) is 0. The molecule has 18 heavy (non-hydrogen) atoms. The highest BCUT2D eigenvalue weighted by Crippen LogP contribution is 2.21. The van der Waals surface area contributed by atoms with Gasteiger partial charge in [-0.05, 0) is 32.1 Å². The zero-order valence-corrected chi connectivity index (χ0v) is 11.4. The van der Waals surface area contributed by atoms with Gasteiger partial charge >= 0.3 is 0 Å². The maximum Gasteiger partial charge on any atom is 0.113 e. The molecule has 1 atom stereocenters. The monoisotopic (exact) mass is 253 g/mol. The van der Waals surface area contributed by atoms with E-state index in [1.54, 1.807) is 0 Å². The molecule has 1 saturated heterocycles. The topological polar surface area (TPSA) is 59.6 Å². The van der Waals surface area contributed by atoms with E-state index in [2.05, 4.69) is 5.43 Å². The Morgan fingerprint density at radius 2 is 1.78 bits per heavy atom. The Hall–Kier alpha value is -0.610. The first-order valence-electron chi connectivity index (χ1n) is 7.53. The van der Waals surface area contributed by atoms with Crippen molar-refractivity contribution in [1.82, 2.24) is 5.43 Å². The predicted octanol–water partition coefficient (Wildman–Crippen LogP) is 2.53. The van der Waals surface area contributed by atoms with Crippen molar-refractivity contribution in [2.75, 3.05) is 6.61 Å². The molecular formula is C14H27N3O. The summed E-state index contributed by atoms with van der Waals surface area (Å²) in [6, 6.07) is 0.474. The number of hydrazine groups is 1. The van der Waals surface area contributed by atoms with Crippen LogP contribution in [0.15, 0.2) is 4.99 Å². The highest BCUT2D eigenvalue weighted by atomic mass is 16.5. The molecule has 0 aromatic heterocycles. The van der Waals surface area contributed by atoms with Gasteiger partial charge < -0.3 is 10.2 Å². The van der Waals surface area contributed by atoms with Crippen molar-refractivity contribution in [3.63, 3.8) is 0 Å². The summed E-state index contributed by atoms with van der Waals surface area (Å²) in [6.07, 6.45) is 12.6. The zero-order chi connectivity index (χ0) is 12.6. The molecule has 2 rings (SSSR count). The van der Waals surface area contributed by atoms with E-state index in [4.69, 9.17) is 15.6 Å². The molecule has 0 spiro atoms. The van der Waals surface area contributed by atoms with Crippen molar-refractivity contribution in [1.29, 1.82) is 0 Å². The molecule has 0 bridgehead atoms. The minimum Gasteiger partial charge on any atom is -0.378 e. The van der Waals surface area contributed by atoms with Gasteiger partial charge in [-0.2, -0.15) is 0 Å². The molecular weight excluding hydrogens is 226 g/mol. The second kappa shape index (κ2) is 7.74. The third-order valence-electron chi connectivity index (χ3n) is 4.02. The quantitative estimate of drug-likeness (QED) is 0.267. The van der Waals surface area contributed by atoms with Gasteiger partial charge in [-0.25, -0.2) is 5.84 Å². The first-order valence-corrected chi connectivity index (χ1v) is 7.53. The van der Waals surface area contributed by atoms with Crippen LogP contribution in [0.25, 0.3) is 0 Å². The van der Waals surface area contributed by atoms with Crippen LogP contribution in [-0.4, -0.2) is 24.6 Å². The van der Waals surface area contributed by atoms with Gasteiger partial charge in [0.25, 0.3) is 0 Å². The van der Waals surface area contributed by atoms with E-state index >= 15 is 0 Å². The fourth-order valence-electron chi connectivity index (χ4n) is 2.94. The Bertz CT molecular complexity index is 254. The number of nitrogens with two attached hydrogens (primary N) is 1. The fourth-order valence-corrected chi connectivity index (χ4v) is 2.94. The predicted molar refractivity (Wildman–Crippen MR) is 74.5 cm³/mol. The minimum atomic E-state index is 0.319. The van der Waals surface area contributed by atoms with Crippen molar-refractivity contribution in [3.05, 3.63) is 0 Å². The minimum absolute atomic E-state index is 0.319. The van der Waals surface area contributed by atoms with E-state index in [0.29, 0.717) is 12.1 Å². The van der Waals surface area contributed by atoms with E-state index in [9.17, 15) is 0 Å². The first kappa shape index (κ1) is 13.8. The van der Waals surface area contributed by atoms with Crippen LogP contribution in [-0.2, 0) is 4.74 Å². The van der Waals surface area contributed by atoms with Crippen molar-refractivity contribution in [3.8, 4) is 0 Å². The highest BCUT2D eigenvalue weighted by molar-refractivity contribution is 5.82. The van der Waals surface area contributed by atoms with E-state index < -0.39 is 0 Å². The average Bonchev–Trinajstić information content (AvgIpc) is 2.68. The van der Waals surface area contributed by atoms with Gasteiger partial charge in [0.1, 0.15) is 5.84 Å². The molecule has 3 N–H and O–H groups in total. The van der Waals surface area contributed by atoms with Crippen molar-refractivity contribution in [2.24, 2.45) is 10.8 Å². The lowest BCUT2D eigenvalue weighted by molar-refractivity contribution is 0.0206. The van der Waals surface area contributed by atoms with Gasteiger partial charge in [-0.3, -0.25) is 4.99 Å². The summed E-state index contributed by atoms with van der Waals surface area (Å²) in [6.45, 7) is 0.895. The highest BCUT2D eigenvalue weighted by Gasteiger charge is 2.18. The molecule has 1 aliphatic carbocycles. The molecule has 2 aliphatic rings. The van der Waals surface area contributed by atoms with Crippen LogP contribution in [0, 0.1) is 0 Å². The second-order valence-corrected chi connectivity index (χ2v) is 5.56. The van der Waals surface area contributed by atoms with Crippen molar-refractivity contribution in [2.45, 2.75) is 76.4 Å². The second-order valence-electron chi connectivity index (χ2n) is 5.56. The van der Waals surface area contributed by atoms with Crippen LogP contribution in [0.1, 0.15) is 64.2 Å². The number of aliphatic imine (C=N–C) groups is 1. The molecule has 104 valence electrons. The molecule has 0 aromatic carbocycles. The van der Waals surface area contributed by atoms with E-state index in [1.165, 1.54) is 51.4 Å². The Morgan fingerprint density at radius 3 is 2.39 bits per heavy atom. The zero-order valence-electron chi connectivity index (χ0n) is 11.4. The van der Waals surface area contributed by atoms with E-state index in [0.717, 1.165) is 25.3 Å². The Balaban J connectivity index is 1.85. The lowest BCUT2D eigenvalue weighted by Gasteiger charge is -2.23. The van der Waals surface area contributed by atoms with Crippen molar-refractivity contribution < 1.29 is 4.74 Å². The number of amidine groups is 1. The SMILES string of the molecule is NNC(CC1CCCCO1)=NC1CCCCCC1. The van der Waals surface area contributed by atoms with Gasteiger partial charge in [0.15, 0.2) is 0 Å². The number of ether oxygens (including phenoxy) is 1. The Labute approximate surface area is 110 Å². The lowest BCUT2D eigenvalue weighted by atomic mass is 10.1. The standard InChI is InChI=1S/C14H27N3O/c15-17-14(11-13-9-5-6-10-18-13)16-12-7-3-1-2-4-8-12/h12-13H,1-11,15H2,(H,16,17). The summed E-state index contributed by atoms with van der Waals surface area (Å²) in [4.78, 5) is 4.81. The Kier molecular flexibility index (Phi) is 5.94. The van der Waals surface area contributed by atoms with Crippen LogP contribution < -0.4 is 11.3 Å². The number of nitrogens with zero attached hydrogens (tertiary/aromatic N) is 1. The lowest BCUT2D eigenvalue weighted by Crippen LogP contribution is -2.36. The van der Waals surface area contributed by atoms with Crippen molar-refractivity contribution >= 4 is 5.84 Å². The molecule has 1 aliphatic heterocycles. The van der Waals surface area contributed by atoms with Gasteiger partial charge in [0.05, 0.1) is 12.1 Å². The van der Waals surface area contributed by atoms with Gasteiger partial charge in [-0.1, -0.05) is 25.7 Å². The van der Waals surface area contributed by atoms with Crippen LogP contribution in [0.5, 0.6) is 0 Å². The summed E-state index contributed by atoms with van der Waals surface area (Å²) in [5.74, 6) is 6.55. The summed E-state index contributed by atoms with van der Waals surface area (Å²) in [7, 11) is 0. The molecule has 1 unspecified atom stereocenters. The largest absolute Gasteiger partial charge is 0.378 e. The van der Waals surface area contributed by atoms with Crippen LogP contribution in [0.2, 0.25) is 0 Å². The molecule has 0 aromatic rings. The Morgan fingerprint density at radius 1 is 1.06 bits per heavy atom. The molecule has 4 heteroatoms. The molecule has 0 amide bonds. The van der Waals surface area contributed by atoms with E-state index in [-0.39, 0.29) is 0 Å². The van der Waals surface area contributed by atoms with E-state index in [1.807, 2.05) is 0 Å². The number of hydrogen-bond donors (Lipinski definition) is 2. The molecule has 0 radical (unpaired) electrons. The molecule has 1 heterocycles. The number of nitrogens with one attached hydrogen (secondary N) is 1. The molecule has 4 nitrogen and oxygen atoms in total. The van der Waals surface area contributed by atoms with Gasteiger partial charge in [-0.15, -0.1) is 0 Å². The third-order valence-corrected chi connectivity index (χ3v) is 4.02. The van der Waals surface area contributed by atoms with Crippen LogP contribution >= 0.6 is 0 Å². The van der Waals surface area contributed by atoms with Gasteiger partial charge in [0, 0.05) is 13.0 Å². The maximum atomic E-state index is 5.75. The maximum absolute atomic E-state index is 5.75. The summed E-state index contributed by atoms with van der Waals surface area (Å²) in [5.41, 5.74) is 2.79. The number of hydrogen-bond acceptors (Lipinski definition) is 3. The smallest absolute Gasteiger partial charge is 0.113 e. The molecule has 2 fully saturated rings.